The molecule has 0 unspecified atom stereocenters. The zero-order valence-electron chi connectivity index (χ0n) is 18.7. The minimum absolute atomic E-state index is 0.0310. The maximum absolute atomic E-state index is 12.9. The predicted molar refractivity (Wildman–Crippen MR) is 121 cm³/mol. The van der Waals surface area contributed by atoms with E-state index in [1.165, 1.54) is 11.8 Å². The average molecular weight is 458 g/mol. The molecule has 0 amide bonds. The summed E-state index contributed by atoms with van der Waals surface area (Å²) in [5.74, 6) is 1.81. The summed E-state index contributed by atoms with van der Waals surface area (Å²) in [7, 11) is 3.16. The molecule has 32 heavy (non-hydrogen) atoms. The van der Waals surface area contributed by atoms with Crippen LogP contribution in [0.4, 0.5) is 0 Å². The molecular formula is C23H27N3O5S. The second-order valence-electron chi connectivity index (χ2n) is 7.68. The van der Waals surface area contributed by atoms with E-state index in [4.69, 9.17) is 18.6 Å². The van der Waals surface area contributed by atoms with Crippen molar-refractivity contribution in [1.82, 2.24) is 14.8 Å². The molecule has 1 aliphatic heterocycles. The first-order chi connectivity index (χ1) is 15.5. The van der Waals surface area contributed by atoms with Gasteiger partial charge in [0, 0.05) is 36.2 Å². The van der Waals surface area contributed by atoms with Crippen LogP contribution in [-0.2, 0) is 11.3 Å². The first kappa shape index (κ1) is 22.4. The quantitative estimate of drug-likeness (QED) is 0.347. The van der Waals surface area contributed by atoms with E-state index in [2.05, 4.69) is 14.8 Å². The van der Waals surface area contributed by atoms with E-state index in [9.17, 15) is 4.79 Å². The van der Waals surface area contributed by atoms with Crippen LogP contribution in [0.15, 0.2) is 33.9 Å². The Morgan fingerprint density at radius 1 is 1.22 bits per heavy atom. The third-order valence-corrected chi connectivity index (χ3v) is 6.48. The Kier molecular flexibility index (Phi) is 6.86. The van der Waals surface area contributed by atoms with Crippen molar-refractivity contribution in [1.29, 1.82) is 0 Å². The van der Waals surface area contributed by atoms with E-state index >= 15 is 0 Å². The maximum Gasteiger partial charge on any atom is 0.277 e. The molecule has 0 aliphatic carbocycles. The Balaban J connectivity index is 1.43. The molecule has 0 radical (unpaired) electrons. The second kappa shape index (κ2) is 9.79. The number of ketones is 1. The van der Waals surface area contributed by atoms with Crippen molar-refractivity contribution in [2.24, 2.45) is 0 Å². The predicted octanol–water partition coefficient (Wildman–Crippen LogP) is 4.33. The molecule has 0 N–H and O–H groups in total. The zero-order chi connectivity index (χ0) is 22.7. The van der Waals surface area contributed by atoms with Crippen molar-refractivity contribution in [3.05, 3.63) is 41.2 Å². The van der Waals surface area contributed by atoms with Gasteiger partial charge in [-0.2, -0.15) is 0 Å². The highest BCUT2D eigenvalue weighted by Crippen LogP contribution is 2.34. The largest absolute Gasteiger partial charge is 0.497 e. The molecule has 0 spiro atoms. The van der Waals surface area contributed by atoms with Gasteiger partial charge in [-0.15, -0.1) is 10.2 Å². The van der Waals surface area contributed by atoms with Gasteiger partial charge in [0.25, 0.3) is 11.1 Å². The highest BCUT2D eigenvalue weighted by atomic mass is 32.2. The molecule has 9 heteroatoms. The molecule has 1 aliphatic rings. The smallest absolute Gasteiger partial charge is 0.277 e. The fourth-order valence-electron chi connectivity index (χ4n) is 3.91. The molecule has 1 aromatic carbocycles. The maximum atomic E-state index is 12.9. The number of benzene rings is 1. The lowest BCUT2D eigenvalue weighted by molar-refractivity contribution is 0.0957. The van der Waals surface area contributed by atoms with E-state index in [1.54, 1.807) is 32.4 Å². The summed E-state index contributed by atoms with van der Waals surface area (Å²) < 4.78 is 24.3. The summed E-state index contributed by atoms with van der Waals surface area (Å²) in [6.07, 6.45) is 2.39. The Hall–Kier alpha value is -2.78. The monoisotopic (exact) mass is 457 g/mol. The molecule has 0 saturated carbocycles. The Morgan fingerprint density at radius 2 is 2.06 bits per heavy atom. The summed E-state index contributed by atoms with van der Waals surface area (Å²) in [5, 5.41) is 8.51. The molecule has 3 aromatic rings. The SMILES string of the molecule is COc1ccc(-c2nnc(SCC(=O)c3cc(C)n(C[C@@H]4CCCO4)c3C)o2)c(OC)c1. The van der Waals surface area contributed by atoms with Crippen LogP contribution in [0.1, 0.15) is 34.6 Å². The average Bonchev–Trinajstić information content (AvgIpc) is 3.55. The van der Waals surface area contributed by atoms with Gasteiger partial charge >= 0.3 is 0 Å². The Labute approximate surface area is 191 Å². The zero-order valence-corrected chi connectivity index (χ0v) is 19.5. The van der Waals surface area contributed by atoms with Crippen LogP contribution in [0.5, 0.6) is 11.5 Å². The van der Waals surface area contributed by atoms with Crippen molar-refractivity contribution < 1.29 is 23.4 Å². The highest BCUT2D eigenvalue weighted by molar-refractivity contribution is 7.99. The summed E-state index contributed by atoms with van der Waals surface area (Å²) in [6.45, 7) is 5.62. The molecular weight excluding hydrogens is 430 g/mol. The van der Waals surface area contributed by atoms with E-state index < -0.39 is 0 Å². The molecule has 0 bridgehead atoms. The van der Waals surface area contributed by atoms with Crippen molar-refractivity contribution in [2.75, 3.05) is 26.6 Å². The number of hydrogen-bond donors (Lipinski definition) is 0. The highest BCUT2D eigenvalue weighted by Gasteiger charge is 2.22. The van der Waals surface area contributed by atoms with Crippen LogP contribution in [0.25, 0.3) is 11.5 Å². The van der Waals surface area contributed by atoms with Crippen molar-refractivity contribution >= 4 is 17.5 Å². The number of thioether (sulfide) groups is 1. The molecule has 1 saturated heterocycles. The van der Waals surface area contributed by atoms with E-state index in [0.717, 1.165) is 42.9 Å². The molecule has 1 fully saturated rings. The normalized spacial score (nSPS) is 15.8. The van der Waals surface area contributed by atoms with E-state index in [0.29, 0.717) is 28.2 Å². The number of nitrogens with zero attached hydrogens (tertiary/aromatic N) is 3. The van der Waals surface area contributed by atoms with Gasteiger partial charge in [-0.05, 0) is 44.9 Å². The summed E-state index contributed by atoms with van der Waals surface area (Å²) in [4.78, 5) is 12.9. The first-order valence-corrected chi connectivity index (χ1v) is 11.5. The number of Topliss-reactive ketones (excluding diaryl/α,β-unsaturated/α-hetero) is 1. The molecule has 3 heterocycles. The van der Waals surface area contributed by atoms with Crippen molar-refractivity contribution in [3.8, 4) is 23.0 Å². The number of carbonyl (C=O) groups is 1. The van der Waals surface area contributed by atoms with Gasteiger partial charge in [-0.3, -0.25) is 4.79 Å². The number of aryl methyl sites for hydroxylation is 1. The minimum atomic E-state index is 0.0310. The van der Waals surface area contributed by atoms with Crippen LogP contribution in [0.2, 0.25) is 0 Å². The van der Waals surface area contributed by atoms with Crippen LogP contribution in [0, 0.1) is 13.8 Å². The summed E-state index contributed by atoms with van der Waals surface area (Å²) >= 11 is 1.23. The molecule has 2 aromatic heterocycles. The number of ether oxygens (including phenoxy) is 3. The fraction of sp³-hybridized carbons (Fsp3) is 0.435. The van der Waals surface area contributed by atoms with Crippen LogP contribution in [-0.4, -0.2) is 53.2 Å². The number of methoxy groups -OCH3 is 2. The molecule has 1 atom stereocenters. The standard InChI is InChI=1S/C23H27N3O5S/c1-14-10-19(15(2)26(14)12-17-6-5-9-30-17)20(27)13-32-23-25-24-22(31-23)18-8-7-16(28-3)11-21(18)29-4/h7-8,10-11,17H,5-6,9,12-13H2,1-4H3/t17-/m0/s1. The van der Waals surface area contributed by atoms with Crippen LogP contribution in [0.3, 0.4) is 0 Å². The lowest BCUT2D eigenvalue weighted by Crippen LogP contribution is -2.17. The third-order valence-electron chi connectivity index (χ3n) is 5.66. The third kappa shape index (κ3) is 4.68. The van der Waals surface area contributed by atoms with E-state index in [1.807, 2.05) is 19.9 Å². The number of aromatic nitrogens is 3. The minimum Gasteiger partial charge on any atom is -0.497 e. The van der Waals surface area contributed by atoms with Gasteiger partial charge < -0.3 is 23.2 Å². The van der Waals surface area contributed by atoms with Gasteiger partial charge in [-0.1, -0.05) is 11.8 Å². The Morgan fingerprint density at radius 3 is 2.78 bits per heavy atom. The lowest BCUT2D eigenvalue weighted by Gasteiger charge is -2.14. The number of hydrogen-bond acceptors (Lipinski definition) is 8. The van der Waals surface area contributed by atoms with Gasteiger partial charge in [-0.25, -0.2) is 0 Å². The van der Waals surface area contributed by atoms with Gasteiger partial charge in [0.1, 0.15) is 11.5 Å². The van der Waals surface area contributed by atoms with Crippen molar-refractivity contribution in [2.45, 2.75) is 44.6 Å². The number of carbonyl (C=O) groups excluding carboxylic acids is 1. The summed E-state index contributed by atoms with van der Waals surface area (Å²) in [5.41, 5.74) is 3.43. The molecule has 8 nitrogen and oxygen atoms in total. The van der Waals surface area contributed by atoms with Crippen LogP contribution < -0.4 is 9.47 Å². The Bertz CT molecular complexity index is 1100. The van der Waals surface area contributed by atoms with Gasteiger partial charge in [0.05, 0.1) is 31.6 Å². The van der Waals surface area contributed by atoms with Gasteiger partial charge in [0.15, 0.2) is 5.78 Å². The number of rotatable bonds is 9. The van der Waals surface area contributed by atoms with Crippen molar-refractivity contribution in [3.63, 3.8) is 0 Å². The molecule has 4 rings (SSSR count). The van der Waals surface area contributed by atoms with E-state index in [-0.39, 0.29) is 17.6 Å². The fourth-order valence-corrected chi connectivity index (χ4v) is 4.56. The topological polar surface area (TPSA) is 88.6 Å². The first-order valence-electron chi connectivity index (χ1n) is 10.5. The van der Waals surface area contributed by atoms with Gasteiger partial charge in [0.2, 0.25) is 0 Å². The lowest BCUT2D eigenvalue weighted by atomic mass is 10.2. The molecule has 170 valence electrons. The second-order valence-corrected chi connectivity index (χ2v) is 8.61. The summed E-state index contributed by atoms with van der Waals surface area (Å²) in [6, 6.07) is 7.30. The van der Waals surface area contributed by atoms with Crippen LogP contribution >= 0.6 is 11.8 Å².